The van der Waals surface area contributed by atoms with Crippen LogP contribution in [0, 0.1) is 0 Å². The average molecular weight is 404 g/mol. The highest BCUT2D eigenvalue weighted by molar-refractivity contribution is 9.10. The first-order chi connectivity index (χ1) is 11.8. The number of fused-ring (bicyclic) bond motifs is 1. The van der Waals surface area contributed by atoms with Crippen LogP contribution in [0.4, 0.5) is 0 Å². The van der Waals surface area contributed by atoms with E-state index in [9.17, 15) is 14.4 Å². The van der Waals surface area contributed by atoms with Gasteiger partial charge < -0.3 is 4.74 Å². The number of hydrogen-bond acceptors (Lipinski definition) is 5. The fraction of sp³-hybridized carbons (Fsp3) is 0.176. The van der Waals surface area contributed by atoms with E-state index < -0.39 is 17.2 Å². The molecule has 0 atom stereocenters. The van der Waals surface area contributed by atoms with E-state index in [1.54, 1.807) is 0 Å². The van der Waals surface area contributed by atoms with Crippen molar-refractivity contribution < 1.29 is 9.53 Å². The summed E-state index contributed by atoms with van der Waals surface area (Å²) in [6, 6.07) is 8.81. The molecule has 128 valence electrons. The molecule has 2 aromatic heterocycles. The molecule has 0 aliphatic carbocycles. The lowest BCUT2D eigenvalue weighted by Gasteiger charge is -2.12. The molecule has 0 N–H and O–H groups in total. The number of carbonyl (C=O) groups excluding carboxylic acids is 1. The van der Waals surface area contributed by atoms with Gasteiger partial charge in [0.05, 0.1) is 23.8 Å². The number of hydrogen-bond donors (Lipinski definition) is 0. The molecule has 0 saturated carbocycles. The second kappa shape index (κ2) is 6.29. The van der Waals surface area contributed by atoms with Crippen molar-refractivity contribution in [1.29, 1.82) is 0 Å². The Labute approximate surface area is 150 Å². The van der Waals surface area contributed by atoms with E-state index in [0.717, 1.165) is 14.6 Å². The van der Waals surface area contributed by atoms with Crippen molar-refractivity contribution in [1.82, 2.24) is 14.1 Å². The molecular formula is C17H14BrN3O4. The maximum absolute atomic E-state index is 12.5. The number of aryl methyl sites for hydroxylation is 1. The summed E-state index contributed by atoms with van der Waals surface area (Å²) in [5.74, 6) is -0.665. The van der Waals surface area contributed by atoms with Crippen LogP contribution in [0.15, 0.2) is 44.4 Å². The quantitative estimate of drug-likeness (QED) is 0.609. The van der Waals surface area contributed by atoms with Crippen molar-refractivity contribution in [3.05, 3.63) is 61.2 Å². The number of halogens is 1. The van der Waals surface area contributed by atoms with Crippen molar-refractivity contribution in [2.45, 2.75) is 0 Å². The molecule has 0 aliphatic rings. The Hall–Kier alpha value is -2.74. The zero-order valence-electron chi connectivity index (χ0n) is 13.7. The van der Waals surface area contributed by atoms with Gasteiger partial charge in [0.25, 0.3) is 5.56 Å². The van der Waals surface area contributed by atoms with Gasteiger partial charge in [-0.15, -0.1) is 0 Å². The predicted octanol–water partition coefficient (Wildman–Crippen LogP) is 1.85. The molecule has 1 aromatic carbocycles. The SMILES string of the molecule is COC(=O)c1cc(-c2ccc(Br)cc2)nc2c1c(=O)n(C)c(=O)n2C. The highest BCUT2D eigenvalue weighted by atomic mass is 79.9. The summed E-state index contributed by atoms with van der Waals surface area (Å²) in [5.41, 5.74) is 0.296. The van der Waals surface area contributed by atoms with E-state index in [2.05, 4.69) is 20.9 Å². The van der Waals surface area contributed by atoms with E-state index in [0.29, 0.717) is 5.69 Å². The minimum absolute atomic E-state index is 0.0531. The Morgan fingerprint density at radius 3 is 2.36 bits per heavy atom. The van der Waals surface area contributed by atoms with E-state index in [4.69, 9.17) is 4.74 Å². The molecular weight excluding hydrogens is 390 g/mol. The lowest BCUT2D eigenvalue weighted by atomic mass is 10.1. The van der Waals surface area contributed by atoms with Gasteiger partial charge in [-0.1, -0.05) is 28.1 Å². The van der Waals surface area contributed by atoms with Gasteiger partial charge in [-0.2, -0.15) is 0 Å². The van der Waals surface area contributed by atoms with Crippen LogP contribution < -0.4 is 11.2 Å². The second-order valence-corrected chi connectivity index (χ2v) is 6.37. The van der Waals surface area contributed by atoms with Crippen LogP contribution in [-0.4, -0.2) is 27.2 Å². The maximum atomic E-state index is 12.5. The molecule has 0 radical (unpaired) electrons. The molecule has 25 heavy (non-hydrogen) atoms. The molecule has 0 fully saturated rings. The molecule has 0 spiro atoms. The van der Waals surface area contributed by atoms with Crippen LogP contribution >= 0.6 is 15.9 Å². The van der Waals surface area contributed by atoms with Crippen LogP contribution in [0.25, 0.3) is 22.3 Å². The van der Waals surface area contributed by atoms with Crippen LogP contribution in [0.5, 0.6) is 0 Å². The Morgan fingerprint density at radius 2 is 1.76 bits per heavy atom. The average Bonchev–Trinajstić information content (AvgIpc) is 2.63. The van der Waals surface area contributed by atoms with Gasteiger partial charge in [-0.3, -0.25) is 13.9 Å². The van der Waals surface area contributed by atoms with Crippen LogP contribution in [0.2, 0.25) is 0 Å². The summed E-state index contributed by atoms with van der Waals surface area (Å²) in [6.45, 7) is 0. The van der Waals surface area contributed by atoms with Crippen molar-refractivity contribution in [3.63, 3.8) is 0 Å². The fourth-order valence-corrected chi connectivity index (χ4v) is 2.86. The number of benzene rings is 1. The molecule has 0 bridgehead atoms. The minimum Gasteiger partial charge on any atom is -0.465 e. The number of nitrogens with zero attached hydrogens (tertiary/aromatic N) is 3. The first-order valence-corrected chi connectivity index (χ1v) is 8.09. The summed E-state index contributed by atoms with van der Waals surface area (Å²) in [7, 11) is 4.09. The molecule has 0 saturated heterocycles. The molecule has 7 nitrogen and oxygen atoms in total. The van der Waals surface area contributed by atoms with Crippen molar-refractivity contribution in [2.24, 2.45) is 14.1 Å². The van der Waals surface area contributed by atoms with Crippen LogP contribution in [0.1, 0.15) is 10.4 Å². The maximum Gasteiger partial charge on any atom is 0.338 e. The summed E-state index contributed by atoms with van der Waals surface area (Å²) in [5, 5.41) is 0.0531. The summed E-state index contributed by atoms with van der Waals surface area (Å²) >= 11 is 3.36. The predicted molar refractivity (Wildman–Crippen MR) is 96.7 cm³/mol. The number of methoxy groups -OCH3 is 1. The third-order valence-corrected chi connectivity index (χ3v) is 4.48. The zero-order valence-corrected chi connectivity index (χ0v) is 15.3. The smallest absolute Gasteiger partial charge is 0.338 e. The first kappa shape index (κ1) is 17.1. The molecule has 0 amide bonds. The molecule has 3 aromatic rings. The Balaban J connectivity index is 2.48. The number of pyridine rings is 1. The second-order valence-electron chi connectivity index (χ2n) is 5.46. The lowest BCUT2D eigenvalue weighted by Crippen LogP contribution is -2.38. The summed E-state index contributed by atoms with van der Waals surface area (Å²) in [6.07, 6.45) is 0. The van der Waals surface area contributed by atoms with E-state index in [1.807, 2.05) is 24.3 Å². The van der Waals surface area contributed by atoms with Gasteiger partial charge in [0.2, 0.25) is 0 Å². The molecule has 3 rings (SSSR count). The summed E-state index contributed by atoms with van der Waals surface area (Å²) < 4.78 is 7.89. The monoisotopic (exact) mass is 403 g/mol. The van der Waals surface area contributed by atoms with Crippen molar-refractivity contribution in [2.75, 3.05) is 7.11 Å². The number of aromatic nitrogens is 3. The minimum atomic E-state index is -0.665. The van der Waals surface area contributed by atoms with Gasteiger partial charge in [0.1, 0.15) is 0 Å². The van der Waals surface area contributed by atoms with Crippen LogP contribution in [0.3, 0.4) is 0 Å². The number of rotatable bonds is 2. The highest BCUT2D eigenvalue weighted by Crippen LogP contribution is 2.24. The molecule has 0 unspecified atom stereocenters. The van der Waals surface area contributed by atoms with Crippen molar-refractivity contribution >= 4 is 32.9 Å². The summed E-state index contributed by atoms with van der Waals surface area (Å²) in [4.78, 5) is 41.4. The third-order valence-electron chi connectivity index (χ3n) is 3.96. The molecule has 2 heterocycles. The zero-order chi connectivity index (χ0) is 18.3. The van der Waals surface area contributed by atoms with E-state index >= 15 is 0 Å². The third kappa shape index (κ3) is 2.78. The highest BCUT2D eigenvalue weighted by Gasteiger charge is 2.20. The molecule has 8 heteroatoms. The standard InChI is InChI=1S/C17H14BrN3O4/c1-20-14-13(15(22)21(2)17(20)24)11(16(23)25-3)8-12(19-14)9-4-6-10(18)7-5-9/h4-8H,1-3H3. The topological polar surface area (TPSA) is 83.2 Å². The van der Waals surface area contributed by atoms with Gasteiger partial charge in [0, 0.05) is 24.1 Å². The van der Waals surface area contributed by atoms with E-state index in [1.165, 1.54) is 31.8 Å². The van der Waals surface area contributed by atoms with Crippen molar-refractivity contribution in [3.8, 4) is 11.3 Å². The van der Waals surface area contributed by atoms with Gasteiger partial charge in [-0.25, -0.2) is 14.6 Å². The normalized spacial score (nSPS) is 10.9. The Kier molecular flexibility index (Phi) is 4.30. The van der Waals surface area contributed by atoms with Gasteiger partial charge >= 0.3 is 11.7 Å². The number of carbonyl (C=O) groups is 1. The Morgan fingerprint density at radius 1 is 1.12 bits per heavy atom. The van der Waals surface area contributed by atoms with Crippen LogP contribution in [-0.2, 0) is 18.8 Å². The van der Waals surface area contributed by atoms with E-state index in [-0.39, 0.29) is 16.6 Å². The number of ether oxygens (including phenoxy) is 1. The largest absolute Gasteiger partial charge is 0.465 e. The lowest BCUT2D eigenvalue weighted by molar-refractivity contribution is 0.0603. The van der Waals surface area contributed by atoms with Gasteiger partial charge in [0.15, 0.2) is 5.65 Å². The van der Waals surface area contributed by atoms with Gasteiger partial charge in [-0.05, 0) is 18.2 Å². The Bertz CT molecular complexity index is 1110. The number of esters is 1. The molecule has 0 aliphatic heterocycles. The first-order valence-electron chi connectivity index (χ1n) is 7.30. The fourth-order valence-electron chi connectivity index (χ4n) is 2.59.